The molecule has 1 aromatic rings. The van der Waals surface area contributed by atoms with Crippen molar-refractivity contribution in [2.75, 3.05) is 19.4 Å². The summed E-state index contributed by atoms with van der Waals surface area (Å²) < 4.78 is 13.4. The standard InChI is InChI=1S/C21H39O2PS/c1-3-5-16-22-20(23-17-6-4-2)14-11-9-7-8-10-12-18-24-21-15-13-19-25-21/h13,15,19-20,24H,3-12,14,16-18H2,1-2H3. The van der Waals surface area contributed by atoms with Gasteiger partial charge < -0.3 is 9.47 Å². The fourth-order valence-electron chi connectivity index (χ4n) is 2.67. The van der Waals surface area contributed by atoms with Crippen molar-refractivity contribution in [2.24, 2.45) is 0 Å². The Balaban J connectivity index is 1.94. The first-order valence-corrected chi connectivity index (χ1v) is 12.5. The largest absolute Gasteiger partial charge is 0.353 e. The van der Waals surface area contributed by atoms with Crippen LogP contribution < -0.4 is 4.62 Å². The van der Waals surface area contributed by atoms with Gasteiger partial charge in [0.2, 0.25) is 0 Å². The van der Waals surface area contributed by atoms with Crippen LogP contribution in [0.25, 0.3) is 0 Å². The molecule has 0 N–H and O–H groups in total. The molecule has 1 rings (SSSR count). The van der Waals surface area contributed by atoms with Crippen molar-refractivity contribution < 1.29 is 9.47 Å². The average Bonchev–Trinajstić information content (AvgIpc) is 3.13. The summed E-state index contributed by atoms with van der Waals surface area (Å²) in [5, 5.41) is 2.19. The van der Waals surface area contributed by atoms with E-state index in [2.05, 4.69) is 31.4 Å². The Labute approximate surface area is 161 Å². The smallest absolute Gasteiger partial charge is 0.157 e. The van der Waals surface area contributed by atoms with Gasteiger partial charge in [-0.3, -0.25) is 0 Å². The van der Waals surface area contributed by atoms with E-state index in [9.17, 15) is 0 Å². The number of rotatable bonds is 18. The predicted molar refractivity (Wildman–Crippen MR) is 115 cm³/mol. The quantitative estimate of drug-likeness (QED) is 0.158. The van der Waals surface area contributed by atoms with E-state index in [1.54, 1.807) is 4.62 Å². The van der Waals surface area contributed by atoms with Gasteiger partial charge in [0.1, 0.15) is 0 Å². The highest BCUT2D eigenvalue weighted by molar-refractivity contribution is 7.56. The first kappa shape index (κ1) is 23.1. The number of unbranched alkanes of at least 4 members (excludes halogenated alkanes) is 7. The lowest BCUT2D eigenvalue weighted by molar-refractivity contribution is -0.147. The molecule has 0 spiro atoms. The molecule has 0 aromatic carbocycles. The van der Waals surface area contributed by atoms with E-state index in [1.807, 2.05) is 11.3 Å². The van der Waals surface area contributed by atoms with Gasteiger partial charge in [0.05, 0.1) is 0 Å². The summed E-state index contributed by atoms with van der Waals surface area (Å²) in [5.41, 5.74) is 0. The van der Waals surface area contributed by atoms with Crippen molar-refractivity contribution in [1.29, 1.82) is 0 Å². The first-order chi connectivity index (χ1) is 12.4. The minimum atomic E-state index is 0.0325. The third-order valence-electron chi connectivity index (χ3n) is 4.29. The molecule has 2 nitrogen and oxygen atoms in total. The molecule has 0 aliphatic heterocycles. The van der Waals surface area contributed by atoms with Crippen LogP contribution in [-0.4, -0.2) is 25.7 Å². The fourth-order valence-corrected chi connectivity index (χ4v) is 4.86. The summed E-state index contributed by atoms with van der Waals surface area (Å²) in [7, 11) is 1.02. The summed E-state index contributed by atoms with van der Waals surface area (Å²) in [6.07, 6.45) is 15.2. The highest BCUT2D eigenvalue weighted by Gasteiger charge is 2.08. The molecule has 146 valence electrons. The lowest BCUT2D eigenvalue weighted by Gasteiger charge is -2.18. The topological polar surface area (TPSA) is 18.5 Å². The van der Waals surface area contributed by atoms with E-state index in [4.69, 9.17) is 9.47 Å². The Bertz CT molecular complexity index is 360. The van der Waals surface area contributed by atoms with Crippen LogP contribution in [0, 0.1) is 0 Å². The van der Waals surface area contributed by atoms with Gasteiger partial charge in [-0.15, -0.1) is 11.3 Å². The molecule has 0 aliphatic rings. The van der Waals surface area contributed by atoms with Crippen LogP contribution in [0.3, 0.4) is 0 Å². The molecule has 0 saturated carbocycles. The summed E-state index contributed by atoms with van der Waals surface area (Å²) >= 11 is 1.90. The molecule has 1 heterocycles. The van der Waals surface area contributed by atoms with Crippen molar-refractivity contribution in [3.05, 3.63) is 17.5 Å². The van der Waals surface area contributed by atoms with E-state index in [0.717, 1.165) is 41.1 Å². The molecule has 4 heteroatoms. The van der Waals surface area contributed by atoms with Crippen LogP contribution in [0.4, 0.5) is 0 Å². The van der Waals surface area contributed by atoms with Crippen LogP contribution in [-0.2, 0) is 9.47 Å². The Morgan fingerprint density at radius 2 is 1.52 bits per heavy atom. The zero-order chi connectivity index (χ0) is 18.0. The van der Waals surface area contributed by atoms with Gasteiger partial charge in [0.15, 0.2) is 6.29 Å². The van der Waals surface area contributed by atoms with Gasteiger partial charge >= 0.3 is 0 Å². The number of ether oxygens (including phenoxy) is 2. The molecule has 0 bridgehead atoms. The average molecular weight is 387 g/mol. The lowest BCUT2D eigenvalue weighted by atomic mass is 10.1. The Hall–Kier alpha value is 0.0500. The fraction of sp³-hybridized carbons (Fsp3) is 0.810. The van der Waals surface area contributed by atoms with Gasteiger partial charge in [0.25, 0.3) is 0 Å². The third kappa shape index (κ3) is 13.9. The molecular formula is C21H39O2PS. The summed E-state index contributed by atoms with van der Waals surface area (Å²) in [6, 6.07) is 4.43. The van der Waals surface area contributed by atoms with Gasteiger partial charge in [-0.1, -0.05) is 67.0 Å². The Morgan fingerprint density at radius 1 is 0.880 bits per heavy atom. The zero-order valence-corrected chi connectivity index (χ0v) is 18.3. The molecule has 0 saturated heterocycles. The second-order valence-corrected chi connectivity index (χ2v) is 9.39. The summed E-state index contributed by atoms with van der Waals surface area (Å²) in [6.45, 7) is 6.10. The molecule has 25 heavy (non-hydrogen) atoms. The molecule has 0 fully saturated rings. The molecule has 0 aliphatic carbocycles. The van der Waals surface area contributed by atoms with Crippen molar-refractivity contribution in [3.8, 4) is 0 Å². The van der Waals surface area contributed by atoms with Crippen molar-refractivity contribution >= 4 is 24.5 Å². The SMILES string of the molecule is CCCCOC(CCCCCCCCPc1cccs1)OCCCC. The number of hydrogen-bond donors (Lipinski definition) is 0. The molecular weight excluding hydrogens is 347 g/mol. The van der Waals surface area contributed by atoms with Crippen LogP contribution in [0.2, 0.25) is 0 Å². The van der Waals surface area contributed by atoms with E-state index < -0.39 is 0 Å². The second-order valence-electron chi connectivity index (χ2n) is 6.69. The normalized spacial score (nSPS) is 12.0. The maximum atomic E-state index is 5.90. The molecule has 1 atom stereocenters. The van der Waals surface area contributed by atoms with Crippen molar-refractivity contribution in [3.63, 3.8) is 0 Å². The Morgan fingerprint density at radius 3 is 2.12 bits per heavy atom. The first-order valence-electron chi connectivity index (χ1n) is 10.4. The highest BCUT2D eigenvalue weighted by Crippen LogP contribution is 2.18. The van der Waals surface area contributed by atoms with Crippen LogP contribution >= 0.6 is 19.9 Å². The van der Waals surface area contributed by atoms with E-state index in [0.29, 0.717) is 0 Å². The maximum Gasteiger partial charge on any atom is 0.157 e. The predicted octanol–water partition coefficient (Wildman–Crippen LogP) is 6.74. The Kier molecular flexibility index (Phi) is 16.1. The highest BCUT2D eigenvalue weighted by atomic mass is 32.1. The van der Waals surface area contributed by atoms with Gasteiger partial charge in [-0.25, -0.2) is 0 Å². The monoisotopic (exact) mass is 386 g/mol. The van der Waals surface area contributed by atoms with Crippen LogP contribution in [0.1, 0.15) is 84.5 Å². The zero-order valence-electron chi connectivity index (χ0n) is 16.4. The second kappa shape index (κ2) is 17.5. The van der Waals surface area contributed by atoms with Crippen molar-refractivity contribution in [2.45, 2.75) is 90.8 Å². The van der Waals surface area contributed by atoms with E-state index in [-0.39, 0.29) is 6.29 Å². The maximum absolute atomic E-state index is 5.90. The summed E-state index contributed by atoms with van der Waals surface area (Å²) in [5.74, 6) is 0. The minimum absolute atomic E-state index is 0.0325. The van der Waals surface area contributed by atoms with Gasteiger partial charge in [-0.2, -0.15) is 0 Å². The van der Waals surface area contributed by atoms with Gasteiger partial charge in [0, 0.05) is 17.8 Å². The summed E-state index contributed by atoms with van der Waals surface area (Å²) in [4.78, 5) is 0. The minimum Gasteiger partial charge on any atom is -0.353 e. The van der Waals surface area contributed by atoms with E-state index >= 15 is 0 Å². The number of hydrogen-bond acceptors (Lipinski definition) is 3. The molecule has 0 radical (unpaired) electrons. The van der Waals surface area contributed by atoms with Crippen LogP contribution in [0.5, 0.6) is 0 Å². The van der Waals surface area contributed by atoms with Gasteiger partial charge in [-0.05, 0) is 49.7 Å². The molecule has 1 unspecified atom stereocenters. The molecule has 1 aromatic heterocycles. The van der Waals surface area contributed by atoms with Crippen molar-refractivity contribution in [1.82, 2.24) is 0 Å². The molecule has 0 amide bonds. The van der Waals surface area contributed by atoms with E-state index in [1.165, 1.54) is 57.5 Å². The number of thiophene rings is 1. The van der Waals surface area contributed by atoms with Crippen LogP contribution in [0.15, 0.2) is 17.5 Å². The lowest BCUT2D eigenvalue weighted by Crippen LogP contribution is -2.18. The third-order valence-corrected chi connectivity index (χ3v) is 6.88.